The molecular weight excluding hydrogens is 286 g/mol. The number of hydrogen-bond acceptors (Lipinski definition) is 2. The Kier molecular flexibility index (Phi) is 5.63. The van der Waals surface area contributed by atoms with Crippen LogP contribution in [-0.2, 0) is 12.2 Å². The van der Waals surface area contributed by atoms with E-state index >= 15 is 0 Å². The van der Waals surface area contributed by atoms with Crippen LogP contribution in [0.4, 0.5) is 8.78 Å². The molecule has 0 aliphatic heterocycles. The van der Waals surface area contributed by atoms with E-state index in [0.29, 0.717) is 12.0 Å². The van der Waals surface area contributed by atoms with Gasteiger partial charge in [-0.15, -0.1) is 0 Å². The van der Waals surface area contributed by atoms with Crippen LogP contribution in [0.25, 0.3) is 0 Å². The molecule has 2 rings (SSSR count). The van der Waals surface area contributed by atoms with Gasteiger partial charge in [0, 0.05) is 12.0 Å². The molecule has 0 fully saturated rings. The van der Waals surface area contributed by atoms with Crippen molar-refractivity contribution < 1.29 is 19.0 Å². The Morgan fingerprint density at radius 3 is 1.86 bits per heavy atom. The van der Waals surface area contributed by atoms with Crippen LogP contribution < -0.4 is 0 Å². The monoisotopic (exact) mass is 306 g/mol. The van der Waals surface area contributed by atoms with Crippen LogP contribution in [-0.4, -0.2) is 10.2 Å². The number of halogens is 2. The second-order valence-corrected chi connectivity index (χ2v) is 5.51. The summed E-state index contributed by atoms with van der Waals surface area (Å²) in [5, 5.41) is 20.0. The van der Waals surface area contributed by atoms with Crippen molar-refractivity contribution in [2.24, 2.45) is 0 Å². The van der Waals surface area contributed by atoms with E-state index in [-0.39, 0.29) is 12.2 Å². The van der Waals surface area contributed by atoms with Gasteiger partial charge in [-0.05, 0) is 49.1 Å². The van der Waals surface area contributed by atoms with Gasteiger partial charge in [0.1, 0.15) is 11.6 Å². The van der Waals surface area contributed by atoms with E-state index in [2.05, 4.69) is 0 Å². The number of aliphatic hydroxyl groups is 2. The molecule has 0 saturated heterocycles. The predicted molar refractivity (Wildman–Crippen MR) is 81.1 cm³/mol. The summed E-state index contributed by atoms with van der Waals surface area (Å²) in [6.07, 6.45) is 3.40. The average Bonchev–Trinajstić information content (AvgIpc) is 2.49. The fraction of sp³-hybridized carbons (Fsp3) is 0.333. The van der Waals surface area contributed by atoms with E-state index in [1.807, 2.05) is 0 Å². The first-order chi connectivity index (χ1) is 10.5. The molecule has 0 spiro atoms. The molecular formula is C18H20F2O2. The first-order valence-corrected chi connectivity index (χ1v) is 7.43. The SMILES string of the molecule is OC(O)(CCCCCc1ccc(F)cc1)c1ccc(F)cc1. The minimum atomic E-state index is -1.93. The highest BCUT2D eigenvalue weighted by atomic mass is 19.1. The lowest BCUT2D eigenvalue weighted by Crippen LogP contribution is -2.24. The van der Waals surface area contributed by atoms with Gasteiger partial charge in [0.05, 0.1) is 0 Å². The molecule has 2 N–H and O–H groups in total. The van der Waals surface area contributed by atoms with E-state index in [4.69, 9.17) is 0 Å². The van der Waals surface area contributed by atoms with Crippen LogP contribution in [0.1, 0.15) is 36.8 Å². The topological polar surface area (TPSA) is 40.5 Å². The summed E-state index contributed by atoms with van der Waals surface area (Å²) in [4.78, 5) is 0. The lowest BCUT2D eigenvalue weighted by atomic mass is 9.98. The normalized spacial score (nSPS) is 11.6. The molecule has 118 valence electrons. The van der Waals surface area contributed by atoms with Crippen molar-refractivity contribution in [3.63, 3.8) is 0 Å². The highest BCUT2D eigenvalue weighted by molar-refractivity contribution is 5.20. The Labute approximate surface area is 129 Å². The van der Waals surface area contributed by atoms with Gasteiger partial charge in [-0.25, -0.2) is 8.78 Å². The fourth-order valence-corrected chi connectivity index (χ4v) is 2.39. The van der Waals surface area contributed by atoms with Crippen molar-refractivity contribution in [2.75, 3.05) is 0 Å². The maximum Gasteiger partial charge on any atom is 0.189 e. The Morgan fingerprint density at radius 1 is 0.727 bits per heavy atom. The Morgan fingerprint density at radius 2 is 1.27 bits per heavy atom. The third-order valence-corrected chi connectivity index (χ3v) is 3.71. The number of unbranched alkanes of at least 4 members (excludes halogenated alkanes) is 2. The van der Waals surface area contributed by atoms with Gasteiger partial charge in [0.2, 0.25) is 0 Å². The number of aryl methyl sites for hydroxylation is 1. The van der Waals surface area contributed by atoms with Crippen LogP contribution in [0.2, 0.25) is 0 Å². The lowest BCUT2D eigenvalue weighted by molar-refractivity contribution is -0.175. The van der Waals surface area contributed by atoms with Crippen LogP contribution in [0.3, 0.4) is 0 Å². The van der Waals surface area contributed by atoms with Crippen molar-refractivity contribution in [2.45, 2.75) is 37.9 Å². The summed E-state index contributed by atoms with van der Waals surface area (Å²) in [5.41, 5.74) is 1.37. The minimum absolute atomic E-state index is 0.196. The second kappa shape index (κ2) is 7.47. The molecule has 0 aliphatic rings. The predicted octanol–water partition coefficient (Wildman–Crippen LogP) is 3.91. The zero-order valence-corrected chi connectivity index (χ0v) is 12.3. The summed E-state index contributed by atoms with van der Waals surface area (Å²) in [7, 11) is 0. The Hall–Kier alpha value is -1.78. The van der Waals surface area contributed by atoms with E-state index in [0.717, 1.165) is 24.8 Å². The van der Waals surface area contributed by atoms with E-state index in [9.17, 15) is 19.0 Å². The second-order valence-electron chi connectivity index (χ2n) is 5.51. The highest BCUT2D eigenvalue weighted by Gasteiger charge is 2.24. The van der Waals surface area contributed by atoms with E-state index in [1.165, 1.54) is 36.4 Å². The molecule has 22 heavy (non-hydrogen) atoms. The molecule has 0 unspecified atom stereocenters. The molecule has 0 heterocycles. The smallest absolute Gasteiger partial charge is 0.189 e. The van der Waals surface area contributed by atoms with Gasteiger partial charge in [-0.3, -0.25) is 0 Å². The number of benzene rings is 2. The molecule has 2 aromatic carbocycles. The van der Waals surface area contributed by atoms with Crippen LogP contribution in [0.5, 0.6) is 0 Å². The molecule has 0 saturated carbocycles. The molecule has 0 atom stereocenters. The summed E-state index contributed by atoms with van der Waals surface area (Å²) in [6, 6.07) is 11.6. The van der Waals surface area contributed by atoms with Gasteiger partial charge in [-0.1, -0.05) is 30.7 Å². The van der Waals surface area contributed by atoms with Crippen molar-refractivity contribution in [3.8, 4) is 0 Å². The zero-order chi connectivity index (χ0) is 16.0. The zero-order valence-electron chi connectivity index (χ0n) is 12.3. The van der Waals surface area contributed by atoms with Crippen molar-refractivity contribution in [3.05, 3.63) is 71.3 Å². The Bertz CT molecular complexity index is 577. The van der Waals surface area contributed by atoms with Crippen LogP contribution in [0, 0.1) is 11.6 Å². The quantitative estimate of drug-likeness (QED) is 0.601. The van der Waals surface area contributed by atoms with Gasteiger partial charge in [0.25, 0.3) is 0 Å². The molecule has 0 bridgehead atoms. The lowest BCUT2D eigenvalue weighted by Gasteiger charge is -2.22. The third kappa shape index (κ3) is 4.90. The summed E-state index contributed by atoms with van der Waals surface area (Å²) in [5.74, 6) is -2.57. The van der Waals surface area contributed by atoms with E-state index < -0.39 is 11.6 Å². The summed E-state index contributed by atoms with van der Waals surface area (Å²) < 4.78 is 25.6. The fourth-order valence-electron chi connectivity index (χ4n) is 2.39. The minimum Gasteiger partial charge on any atom is -0.362 e. The van der Waals surface area contributed by atoms with E-state index in [1.54, 1.807) is 12.1 Å². The summed E-state index contributed by atoms with van der Waals surface area (Å²) >= 11 is 0. The number of hydrogen-bond donors (Lipinski definition) is 2. The Balaban J connectivity index is 1.73. The van der Waals surface area contributed by atoms with Crippen molar-refractivity contribution in [1.29, 1.82) is 0 Å². The molecule has 0 amide bonds. The van der Waals surface area contributed by atoms with Crippen molar-refractivity contribution in [1.82, 2.24) is 0 Å². The first kappa shape index (κ1) is 16.6. The third-order valence-electron chi connectivity index (χ3n) is 3.71. The maximum atomic E-state index is 12.8. The highest BCUT2D eigenvalue weighted by Crippen LogP contribution is 2.25. The van der Waals surface area contributed by atoms with Gasteiger partial charge in [0.15, 0.2) is 5.79 Å². The van der Waals surface area contributed by atoms with Gasteiger partial charge in [-0.2, -0.15) is 0 Å². The molecule has 4 heteroatoms. The largest absolute Gasteiger partial charge is 0.362 e. The number of rotatable bonds is 7. The molecule has 0 radical (unpaired) electrons. The molecule has 0 aliphatic carbocycles. The van der Waals surface area contributed by atoms with Gasteiger partial charge < -0.3 is 10.2 Å². The molecule has 0 aromatic heterocycles. The van der Waals surface area contributed by atoms with Crippen molar-refractivity contribution >= 4 is 0 Å². The van der Waals surface area contributed by atoms with Crippen LogP contribution in [0.15, 0.2) is 48.5 Å². The molecule has 2 nitrogen and oxygen atoms in total. The van der Waals surface area contributed by atoms with Gasteiger partial charge >= 0.3 is 0 Å². The first-order valence-electron chi connectivity index (χ1n) is 7.43. The average molecular weight is 306 g/mol. The standard InChI is InChI=1S/C18H20F2O2/c19-16-9-5-14(6-10-16)4-2-1-3-13-18(21,22)15-7-11-17(20)12-8-15/h5-12,21-22H,1-4,13H2. The summed E-state index contributed by atoms with van der Waals surface area (Å²) in [6.45, 7) is 0. The van der Waals surface area contributed by atoms with Crippen LogP contribution >= 0.6 is 0 Å². The molecule has 2 aromatic rings. The maximum absolute atomic E-state index is 12.8.